The van der Waals surface area contributed by atoms with Crippen LogP contribution in [0.2, 0.25) is 5.02 Å². The van der Waals surface area contributed by atoms with Crippen LogP contribution in [0.15, 0.2) is 60.9 Å². The molecule has 4 rings (SSSR count). The summed E-state index contributed by atoms with van der Waals surface area (Å²) in [5, 5.41) is 6.70. The van der Waals surface area contributed by atoms with Crippen molar-refractivity contribution in [1.82, 2.24) is 4.98 Å². The van der Waals surface area contributed by atoms with Crippen molar-refractivity contribution in [2.24, 2.45) is 0 Å². The molecule has 0 atom stereocenters. The second kappa shape index (κ2) is 7.55. The van der Waals surface area contributed by atoms with Crippen molar-refractivity contribution in [1.29, 1.82) is 0 Å². The Hall–Kier alpha value is -3.25. The van der Waals surface area contributed by atoms with Crippen LogP contribution in [0.3, 0.4) is 0 Å². The fraction of sp³-hybridized carbons (Fsp3) is 0.100. The molecule has 1 amide bonds. The average Bonchev–Trinajstić information content (AvgIpc) is 3.16. The van der Waals surface area contributed by atoms with Gasteiger partial charge in [0.05, 0.1) is 11.3 Å². The number of aromatic nitrogens is 1. The Morgan fingerprint density at radius 2 is 1.81 bits per heavy atom. The monoisotopic (exact) mass is 381 g/mol. The number of nitrogens with zero attached hydrogens (tertiary/aromatic N) is 1. The van der Waals surface area contributed by atoms with Crippen LogP contribution in [-0.2, 0) is 6.54 Å². The number of nitrogens with one attached hydrogen (secondary N) is 2. The molecule has 0 aliphatic carbocycles. The fourth-order valence-corrected chi connectivity index (χ4v) is 2.78. The molecule has 2 N–H and O–H groups in total. The average molecular weight is 382 g/mol. The third-order valence-electron chi connectivity index (χ3n) is 4.04. The number of pyridine rings is 1. The first-order valence-electron chi connectivity index (χ1n) is 8.32. The summed E-state index contributed by atoms with van der Waals surface area (Å²) in [5.74, 6) is 1.25. The number of hydrogen-bond acceptors (Lipinski definition) is 5. The highest BCUT2D eigenvalue weighted by Gasteiger charge is 2.13. The predicted octanol–water partition coefficient (Wildman–Crippen LogP) is 4.33. The number of ether oxygens (including phenoxy) is 2. The smallest absolute Gasteiger partial charge is 0.257 e. The molecule has 0 spiro atoms. The molecule has 0 bridgehead atoms. The Morgan fingerprint density at radius 1 is 1.00 bits per heavy atom. The van der Waals surface area contributed by atoms with Crippen molar-refractivity contribution < 1.29 is 14.3 Å². The Kier molecular flexibility index (Phi) is 4.80. The van der Waals surface area contributed by atoms with Gasteiger partial charge < -0.3 is 20.1 Å². The molecule has 1 aromatic heterocycles. The van der Waals surface area contributed by atoms with Crippen molar-refractivity contribution >= 4 is 28.9 Å². The van der Waals surface area contributed by atoms with Gasteiger partial charge >= 0.3 is 0 Å². The minimum atomic E-state index is -0.239. The van der Waals surface area contributed by atoms with Gasteiger partial charge in [-0.2, -0.15) is 0 Å². The van der Waals surface area contributed by atoms with Crippen LogP contribution in [0.4, 0.5) is 11.4 Å². The number of anilines is 2. The molecule has 6 nitrogen and oxygen atoms in total. The van der Waals surface area contributed by atoms with E-state index in [0.717, 1.165) is 22.7 Å². The van der Waals surface area contributed by atoms with Crippen molar-refractivity contribution in [3.8, 4) is 11.5 Å². The fourth-order valence-electron chi connectivity index (χ4n) is 2.65. The number of hydrogen-bond donors (Lipinski definition) is 2. The molecule has 0 unspecified atom stereocenters. The lowest BCUT2D eigenvalue weighted by atomic mass is 10.2. The summed E-state index contributed by atoms with van der Waals surface area (Å²) in [5.41, 5.74) is 2.91. The van der Waals surface area contributed by atoms with Gasteiger partial charge in [-0.1, -0.05) is 17.7 Å². The number of carbonyl (C=O) groups is 1. The molecule has 2 aromatic carbocycles. The van der Waals surface area contributed by atoms with Crippen molar-refractivity contribution in [2.45, 2.75) is 6.54 Å². The van der Waals surface area contributed by atoms with E-state index in [1.165, 1.54) is 6.20 Å². The molecule has 27 heavy (non-hydrogen) atoms. The summed E-state index contributed by atoms with van der Waals surface area (Å²) in [6, 6.07) is 14.5. The van der Waals surface area contributed by atoms with Gasteiger partial charge in [-0.15, -0.1) is 0 Å². The molecule has 2 heterocycles. The summed E-state index contributed by atoms with van der Waals surface area (Å²) in [6.45, 7) is 0.821. The minimum absolute atomic E-state index is 0.239. The maximum atomic E-state index is 12.4. The van der Waals surface area contributed by atoms with Crippen LogP contribution in [0, 0.1) is 0 Å². The van der Waals surface area contributed by atoms with E-state index < -0.39 is 0 Å². The van der Waals surface area contributed by atoms with E-state index in [9.17, 15) is 4.79 Å². The summed E-state index contributed by atoms with van der Waals surface area (Å²) < 4.78 is 10.7. The van der Waals surface area contributed by atoms with Gasteiger partial charge in [0.25, 0.3) is 5.91 Å². The summed E-state index contributed by atoms with van der Waals surface area (Å²) in [6.07, 6.45) is 3.20. The molecule has 7 heteroatoms. The largest absolute Gasteiger partial charge is 0.454 e. The normalized spacial score (nSPS) is 11.9. The second-order valence-electron chi connectivity index (χ2n) is 5.96. The van der Waals surface area contributed by atoms with Gasteiger partial charge in [-0.05, 0) is 48.0 Å². The Labute approximate surface area is 161 Å². The zero-order chi connectivity index (χ0) is 18.6. The second-order valence-corrected chi connectivity index (χ2v) is 6.40. The summed E-state index contributed by atoms with van der Waals surface area (Å²) in [7, 11) is 0. The van der Waals surface area contributed by atoms with E-state index in [-0.39, 0.29) is 12.7 Å². The van der Waals surface area contributed by atoms with E-state index in [4.69, 9.17) is 21.1 Å². The standard InChI is InChI=1S/C20H16ClN3O3/c21-15-2-4-16(5-3-15)24-20(25)14-8-17(11-22-10-14)23-9-13-1-6-18-19(7-13)27-12-26-18/h1-8,10-11,23H,9,12H2,(H,24,25). The maximum Gasteiger partial charge on any atom is 0.257 e. The lowest BCUT2D eigenvalue weighted by Crippen LogP contribution is -2.12. The minimum Gasteiger partial charge on any atom is -0.454 e. The first-order valence-corrected chi connectivity index (χ1v) is 8.69. The number of benzene rings is 2. The van der Waals surface area contributed by atoms with E-state index in [1.54, 1.807) is 36.5 Å². The number of halogens is 1. The van der Waals surface area contributed by atoms with E-state index in [0.29, 0.717) is 22.8 Å². The molecule has 0 radical (unpaired) electrons. The van der Waals surface area contributed by atoms with Gasteiger partial charge in [-0.3, -0.25) is 9.78 Å². The third-order valence-corrected chi connectivity index (χ3v) is 4.29. The Balaban J connectivity index is 1.41. The SMILES string of the molecule is O=C(Nc1ccc(Cl)cc1)c1cncc(NCc2ccc3c(c2)OCO3)c1. The van der Waals surface area contributed by atoms with Crippen LogP contribution >= 0.6 is 11.6 Å². The molecule has 136 valence electrons. The molecule has 0 saturated carbocycles. The van der Waals surface area contributed by atoms with Crippen molar-refractivity contribution in [3.05, 3.63) is 77.1 Å². The Bertz CT molecular complexity index is 976. The molecular weight excluding hydrogens is 366 g/mol. The zero-order valence-corrected chi connectivity index (χ0v) is 15.0. The quantitative estimate of drug-likeness (QED) is 0.688. The van der Waals surface area contributed by atoms with Gasteiger partial charge in [0.2, 0.25) is 6.79 Å². The van der Waals surface area contributed by atoms with Gasteiger partial charge in [-0.25, -0.2) is 0 Å². The summed E-state index contributed by atoms with van der Waals surface area (Å²) in [4.78, 5) is 16.6. The van der Waals surface area contributed by atoms with Crippen molar-refractivity contribution in [2.75, 3.05) is 17.4 Å². The lowest BCUT2D eigenvalue weighted by molar-refractivity contribution is 0.102. The van der Waals surface area contributed by atoms with Gasteiger partial charge in [0.1, 0.15) is 0 Å². The van der Waals surface area contributed by atoms with E-state index in [1.807, 2.05) is 18.2 Å². The number of rotatable bonds is 5. The van der Waals surface area contributed by atoms with Crippen LogP contribution in [-0.4, -0.2) is 17.7 Å². The summed E-state index contributed by atoms with van der Waals surface area (Å²) >= 11 is 5.86. The number of fused-ring (bicyclic) bond motifs is 1. The molecular formula is C20H16ClN3O3. The van der Waals surface area contributed by atoms with Crippen molar-refractivity contribution in [3.63, 3.8) is 0 Å². The highest BCUT2D eigenvalue weighted by molar-refractivity contribution is 6.30. The van der Waals surface area contributed by atoms with E-state index in [2.05, 4.69) is 15.6 Å². The van der Waals surface area contributed by atoms with Crippen LogP contribution in [0.25, 0.3) is 0 Å². The van der Waals surface area contributed by atoms with Gasteiger partial charge in [0.15, 0.2) is 11.5 Å². The van der Waals surface area contributed by atoms with E-state index >= 15 is 0 Å². The molecule has 1 aliphatic rings. The highest BCUT2D eigenvalue weighted by atomic mass is 35.5. The maximum absolute atomic E-state index is 12.4. The number of amides is 1. The first-order chi connectivity index (χ1) is 13.2. The predicted molar refractivity (Wildman–Crippen MR) is 104 cm³/mol. The highest BCUT2D eigenvalue weighted by Crippen LogP contribution is 2.32. The molecule has 0 fully saturated rings. The topological polar surface area (TPSA) is 72.5 Å². The van der Waals surface area contributed by atoms with Crippen LogP contribution in [0.1, 0.15) is 15.9 Å². The molecule has 3 aromatic rings. The zero-order valence-electron chi connectivity index (χ0n) is 14.2. The van der Waals surface area contributed by atoms with Crippen LogP contribution in [0.5, 0.6) is 11.5 Å². The molecule has 1 aliphatic heterocycles. The Morgan fingerprint density at radius 3 is 2.67 bits per heavy atom. The lowest BCUT2D eigenvalue weighted by Gasteiger charge is -2.09. The molecule has 0 saturated heterocycles. The first kappa shape index (κ1) is 17.2. The van der Waals surface area contributed by atoms with Gasteiger partial charge in [0, 0.05) is 29.6 Å². The third kappa shape index (κ3) is 4.12. The van der Waals surface area contributed by atoms with Crippen LogP contribution < -0.4 is 20.1 Å². The number of carbonyl (C=O) groups excluding carboxylic acids is 1.